The highest BCUT2D eigenvalue weighted by atomic mass is 32.1. The Hall–Kier alpha value is -1.27. The maximum absolute atomic E-state index is 8.75. The van der Waals surface area contributed by atoms with Crippen LogP contribution in [0.15, 0.2) is 17.1 Å². The second-order valence-corrected chi connectivity index (χ2v) is 3.26. The Kier molecular flexibility index (Phi) is 2.33. The molecule has 13 heavy (non-hydrogen) atoms. The van der Waals surface area contributed by atoms with E-state index in [-0.39, 0.29) is 6.61 Å². The minimum absolute atomic E-state index is 0.0724. The monoisotopic (exact) mass is 196 g/mol. The van der Waals surface area contributed by atoms with E-state index in [1.54, 1.807) is 27.7 Å². The van der Waals surface area contributed by atoms with Crippen LogP contribution < -0.4 is 0 Å². The van der Waals surface area contributed by atoms with Gasteiger partial charge in [0.25, 0.3) is 0 Å². The second-order valence-electron chi connectivity index (χ2n) is 2.55. The SMILES string of the molecule is OCc1cn(Cc2cscn2)nn1. The van der Waals surface area contributed by atoms with Crippen LogP contribution in [-0.2, 0) is 13.2 Å². The molecule has 2 aromatic rings. The van der Waals surface area contributed by atoms with Crippen LogP contribution in [0.3, 0.4) is 0 Å². The van der Waals surface area contributed by atoms with Gasteiger partial charge >= 0.3 is 0 Å². The predicted molar refractivity (Wildman–Crippen MR) is 47.2 cm³/mol. The summed E-state index contributed by atoms with van der Waals surface area (Å²) in [7, 11) is 0. The quantitative estimate of drug-likeness (QED) is 0.765. The van der Waals surface area contributed by atoms with Crippen LogP contribution in [-0.4, -0.2) is 25.1 Å². The molecular weight excluding hydrogens is 188 g/mol. The molecule has 1 N–H and O–H groups in total. The smallest absolute Gasteiger partial charge is 0.108 e. The molecule has 0 saturated carbocycles. The number of hydrogen-bond acceptors (Lipinski definition) is 5. The molecule has 2 aromatic heterocycles. The molecule has 0 aromatic carbocycles. The van der Waals surface area contributed by atoms with Crippen LogP contribution >= 0.6 is 11.3 Å². The van der Waals surface area contributed by atoms with Crippen molar-refractivity contribution in [3.8, 4) is 0 Å². The van der Waals surface area contributed by atoms with Gasteiger partial charge in [0, 0.05) is 5.38 Å². The molecule has 0 aliphatic heterocycles. The average Bonchev–Trinajstić information content (AvgIpc) is 2.76. The van der Waals surface area contributed by atoms with Crippen LogP contribution in [0.2, 0.25) is 0 Å². The number of aromatic nitrogens is 4. The first-order valence-corrected chi connectivity index (χ1v) is 4.69. The molecule has 0 bridgehead atoms. The zero-order valence-electron chi connectivity index (χ0n) is 6.79. The van der Waals surface area contributed by atoms with E-state index in [1.807, 2.05) is 5.38 Å². The molecule has 0 spiro atoms. The molecule has 0 saturated heterocycles. The van der Waals surface area contributed by atoms with E-state index in [4.69, 9.17) is 5.11 Å². The molecule has 0 atom stereocenters. The first-order chi connectivity index (χ1) is 6.38. The molecule has 0 radical (unpaired) electrons. The Morgan fingerprint density at radius 2 is 2.38 bits per heavy atom. The number of hydrogen-bond donors (Lipinski definition) is 1. The molecule has 68 valence electrons. The highest BCUT2D eigenvalue weighted by Gasteiger charge is 2.00. The highest BCUT2D eigenvalue weighted by Crippen LogP contribution is 2.03. The van der Waals surface area contributed by atoms with E-state index in [2.05, 4.69) is 15.3 Å². The summed E-state index contributed by atoms with van der Waals surface area (Å²) in [5.41, 5.74) is 3.31. The third-order valence-electron chi connectivity index (χ3n) is 1.56. The fraction of sp³-hybridized carbons (Fsp3) is 0.286. The first-order valence-electron chi connectivity index (χ1n) is 3.75. The van der Waals surface area contributed by atoms with Gasteiger partial charge in [-0.05, 0) is 0 Å². The summed E-state index contributed by atoms with van der Waals surface area (Å²) < 4.78 is 1.65. The summed E-state index contributed by atoms with van der Waals surface area (Å²) >= 11 is 1.55. The van der Waals surface area contributed by atoms with Gasteiger partial charge in [0.15, 0.2) is 0 Å². The summed E-state index contributed by atoms with van der Waals surface area (Å²) in [6, 6.07) is 0. The molecule has 0 aliphatic carbocycles. The Morgan fingerprint density at radius 3 is 3.00 bits per heavy atom. The lowest BCUT2D eigenvalue weighted by atomic mass is 10.5. The predicted octanol–water partition coefficient (Wildman–Crippen LogP) is 0.275. The molecule has 0 fully saturated rings. The number of thiazole rings is 1. The normalized spacial score (nSPS) is 10.5. The van der Waals surface area contributed by atoms with E-state index in [0.717, 1.165) is 5.69 Å². The Labute approximate surface area is 78.7 Å². The van der Waals surface area contributed by atoms with Crippen molar-refractivity contribution >= 4 is 11.3 Å². The molecular formula is C7H8N4OS. The number of aliphatic hydroxyl groups is 1. The molecule has 2 heterocycles. The molecule has 2 rings (SSSR count). The zero-order chi connectivity index (χ0) is 9.10. The van der Waals surface area contributed by atoms with Crippen molar-refractivity contribution in [3.05, 3.63) is 28.5 Å². The van der Waals surface area contributed by atoms with E-state index >= 15 is 0 Å². The standard InChI is InChI=1S/C7H8N4OS/c12-3-6-1-11(10-9-6)2-7-4-13-5-8-7/h1,4-5,12H,2-3H2. The van der Waals surface area contributed by atoms with Crippen LogP contribution in [0.25, 0.3) is 0 Å². The fourth-order valence-corrected chi connectivity index (χ4v) is 1.52. The summed E-state index contributed by atoms with van der Waals surface area (Å²) in [5, 5.41) is 18.3. The fourth-order valence-electron chi connectivity index (χ4n) is 0.970. The first kappa shape index (κ1) is 8.33. The lowest BCUT2D eigenvalue weighted by Gasteiger charge is -1.93. The van der Waals surface area contributed by atoms with E-state index in [0.29, 0.717) is 12.2 Å². The highest BCUT2D eigenvalue weighted by molar-refractivity contribution is 7.07. The van der Waals surface area contributed by atoms with Gasteiger partial charge in [-0.2, -0.15) is 0 Å². The van der Waals surface area contributed by atoms with Gasteiger partial charge < -0.3 is 5.11 Å². The minimum atomic E-state index is -0.0724. The van der Waals surface area contributed by atoms with Crippen molar-refractivity contribution in [2.24, 2.45) is 0 Å². The minimum Gasteiger partial charge on any atom is -0.390 e. The number of nitrogens with zero attached hydrogens (tertiary/aromatic N) is 4. The molecule has 0 unspecified atom stereocenters. The maximum Gasteiger partial charge on any atom is 0.108 e. The molecule has 0 aliphatic rings. The number of aliphatic hydroxyl groups excluding tert-OH is 1. The van der Waals surface area contributed by atoms with Gasteiger partial charge in [-0.3, -0.25) is 0 Å². The molecule has 5 nitrogen and oxygen atoms in total. The van der Waals surface area contributed by atoms with Crippen molar-refractivity contribution in [3.63, 3.8) is 0 Å². The van der Waals surface area contributed by atoms with Gasteiger partial charge in [0.2, 0.25) is 0 Å². The second kappa shape index (κ2) is 3.63. The van der Waals surface area contributed by atoms with E-state index in [9.17, 15) is 0 Å². The third kappa shape index (κ3) is 1.90. The van der Waals surface area contributed by atoms with Gasteiger partial charge in [-0.1, -0.05) is 5.21 Å². The molecule has 6 heteroatoms. The van der Waals surface area contributed by atoms with Crippen molar-refractivity contribution in [2.75, 3.05) is 0 Å². The summed E-state index contributed by atoms with van der Waals surface area (Å²) in [4.78, 5) is 4.11. The van der Waals surface area contributed by atoms with Crippen LogP contribution in [0.1, 0.15) is 11.4 Å². The Morgan fingerprint density at radius 1 is 1.46 bits per heavy atom. The maximum atomic E-state index is 8.75. The summed E-state index contributed by atoms with van der Waals surface area (Å²) in [6.07, 6.45) is 1.71. The Balaban J connectivity index is 2.10. The average molecular weight is 196 g/mol. The Bertz CT molecular complexity index is 370. The van der Waals surface area contributed by atoms with Gasteiger partial charge in [-0.25, -0.2) is 9.67 Å². The summed E-state index contributed by atoms with van der Waals surface area (Å²) in [5.74, 6) is 0. The van der Waals surface area contributed by atoms with Crippen molar-refractivity contribution in [1.82, 2.24) is 20.0 Å². The largest absolute Gasteiger partial charge is 0.390 e. The van der Waals surface area contributed by atoms with E-state index < -0.39 is 0 Å². The third-order valence-corrected chi connectivity index (χ3v) is 2.19. The zero-order valence-corrected chi connectivity index (χ0v) is 7.61. The van der Waals surface area contributed by atoms with Crippen molar-refractivity contribution < 1.29 is 5.11 Å². The number of rotatable bonds is 3. The van der Waals surface area contributed by atoms with Crippen molar-refractivity contribution in [1.29, 1.82) is 0 Å². The topological polar surface area (TPSA) is 63.8 Å². The molecule has 0 amide bonds. The van der Waals surface area contributed by atoms with Crippen LogP contribution in [0.5, 0.6) is 0 Å². The van der Waals surface area contributed by atoms with Gasteiger partial charge in [0.05, 0.1) is 30.6 Å². The lowest BCUT2D eigenvalue weighted by Crippen LogP contribution is -2.00. The van der Waals surface area contributed by atoms with Crippen LogP contribution in [0, 0.1) is 0 Å². The van der Waals surface area contributed by atoms with Crippen LogP contribution in [0.4, 0.5) is 0 Å². The summed E-state index contributed by atoms with van der Waals surface area (Å²) in [6.45, 7) is 0.535. The van der Waals surface area contributed by atoms with Gasteiger partial charge in [-0.15, -0.1) is 16.4 Å². The lowest BCUT2D eigenvalue weighted by molar-refractivity contribution is 0.276. The van der Waals surface area contributed by atoms with Gasteiger partial charge in [0.1, 0.15) is 5.69 Å². The van der Waals surface area contributed by atoms with E-state index in [1.165, 1.54) is 0 Å². The van der Waals surface area contributed by atoms with Crippen molar-refractivity contribution in [2.45, 2.75) is 13.2 Å².